The molecule has 0 unspecified atom stereocenters. The molecular weight excluding hydrogens is 440 g/mol. The summed E-state index contributed by atoms with van der Waals surface area (Å²) in [6, 6.07) is 18.8. The highest BCUT2D eigenvalue weighted by Crippen LogP contribution is 2.35. The third kappa shape index (κ3) is 4.76. The van der Waals surface area contributed by atoms with E-state index in [1.807, 2.05) is 36.6 Å². The van der Waals surface area contributed by atoms with Gasteiger partial charge >= 0.3 is 6.61 Å². The van der Waals surface area contributed by atoms with E-state index in [9.17, 15) is 13.6 Å². The Morgan fingerprint density at radius 1 is 1.03 bits per heavy atom. The minimum absolute atomic E-state index is 0.00601. The number of carbonyl (C=O) groups excluding carboxylic acids is 1. The Kier molecular flexibility index (Phi) is 6.58. The molecule has 0 aliphatic carbocycles. The highest BCUT2D eigenvalue weighted by molar-refractivity contribution is 6.05. The van der Waals surface area contributed by atoms with E-state index < -0.39 is 6.61 Å². The molecule has 4 rings (SSSR count). The Bertz CT molecular complexity index is 1300. The zero-order valence-corrected chi connectivity index (χ0v) is 18.9. The van der Waals surface area contributed by atoms with E-state index in [0.717, 1.165) is 11.4 Å². The molecule has 0 bridgehead atoms. The maximum absolute atomic E-state index is 13.1. The number of methoxy groups -OCH3 is 1. The van der Waals surface area contributed by atoms with Crippen molar-refractivity contribution in [1.29, 1.82) is 0 Å². The van der Waals surface area contributed by atoms with Gasteiger partial charge in [-0.05, 0) is 67.9 Å². The molecule has 0 saturated carbocycles. The predicted molar refractivity (Wildman–Crippen MR) is 126 cm³/mol. The summed E-state index contributed by atoms with van der Waals surface area (Å²) in [5.41, 5.74) is 3.59. The average Bonchev–Trinajstić information content (AvgIpc) is 3.14. The summed E-state index contributed by atoms with van der Waals surface area (Å²) in [7, 11) is 1.54. The molecule has 0 radical (unpaired) electrons. The minimum atomic E-state index is -2.98. The third-order valence-corrected chi connectivity index (χ3v) is 5.41. The van der Waals surface area contributed by atoms with Crippen molar-refractivity contribution in [1.82, 2.24) is 9.55 Å². The first-order valence-corrected chi connectivity index (χ1v) is 10.5. The van der Waals surface area contributed by atoms with Crippen LogP contribution in [0, 0.1) is 13.8 Å². The summed E-state index contributed by atoms with van der Waals surface area (Å²) in [5, 5.41) is 2.86. The zero-order valence-electron chi connectivity index (χ0n) is 18.9. The molecule has 0 spiro atoms. The van der Waals surface area contributed by atoms with Crippen molar-refractivity contribution in [3.05, 3.63) is 89.9 Å². The van der Waals surface area contributed by atoms with Gasteiger partial charge in [0.2, 0.25) is 0 Å². The van der Waals surface area contributed by atoms with E-state index in [4.69, 9.17) is 9.47 Å². The van der Waals surface area contributed by atoms with Crippen LogP contribution in [0.4, 0.5) is 14.5 Å². The topological polar surface area (TPSA) is 65.4 Å². The van der Waals surface area contributed by atoms with Crippen molar-refractivity contribution in [3.63, 3.8) is 0 Å². The minimum Gasteiger partial charge on any atom is -0.497 e. The van der Waals surface area contributed by atoms with Crippen LogP contribution in [0.5, 0.6) is 11.5 Å². The van der Waals surface area contributed by atoms with Crippen molar-refractivity contribution < 1.29 is 23.0 Å². The molecule has 34 heavy (non-hydrogen) atoms. The molecular formula is C26H23F2N3O3. The Balaban J connectivity index is 1.66. The van der Waals surface area contributed by atoms with Crippen molar-refractivity contribution in [2.45, 2.75) is 20.5 Å². The molecule has 2 heterocycles. The number of rotatable bonds is 7. The second-order valence-corrected chi connectivity index (χ2v) is 7.58. The first-order chi connectivity index (χ1) is 16.4. The number of nitrogens with one attached hydrogen (secondary N) is 1. The first-order valence-electron chi connectivity index (χ1n) is 10.5. The summed E-state index contributed by atoms with van der Waals surface area (Å²) >= 11 is 0. The summed E-state index contributed by atoms with van der Waals surface area (Å²) in [4.78, 5) is 17.5. The predicted octanol–water partition coefficient (Wildman–Crippen LogP) is 6.02. The monoisotopic (exact) mass is 463 g/mol. The number of hydrogen-bond acceptors (Lipinski definition) is 4. The Hall–Kier alpha value is -4.20. The normalized spacial score (nSPS) is 10.9. The van der Waals surface area contributed by atoms with Gasteiger partial charge in [0.1, 0.15) is 17.3 Å². The zero-order chi connectivity index (χ0) is 24.2. The number of pyridine rings is 1. The molecule has 1 amide bonds. The number of ether oxygens (including phenoxy) is 2. The van der Waals surface area contributed by atoms with E-state index in [-0.39, 0.29) is 11.7 Å². The maximum atomic E-state index is 13.1. The van der Waals surface area contributed by atoms with Crippen LogP contribution in [0.15, 0.2) is 72.9 Å². The fourth-order valence-corrected chi connectivity index (χ4v) is 3.83. The molecule has 0 saturated heterocycles. The van der Waals surface area contributed by atoms with E-state index in [1.54, 1.807) is 49.7 Å². The summed E-state index contributed by atoms with van der Waals surface area (Å²) in [6.45, 7) is 0.768. The van der Waals surface area contributed by atoms with Crippen LogP contribution in [-0.2, 0) is 0 Å². The number of benzene rings is 2. The second kappa shape index (κ2) is 9.74. The molecule has 174 valence electrons. The van der Waals surface area contributed by atoms with Gasteiger partial charge in [0, 0.05) is 28.8 Å². The smallest absolute Gasteiger partial charge is 0.387 e. The fourth-order valence-electron chi connectivity index (χ4n) is 3.83. The first kappa shape index (κ1) is 23.0. The molecule has 6 nitrogen and oxygen atoms in total. The molecule has 4 aromatic rings. The number of amides is 1. The summed E-state index contributed by atoms with van der Waals surface area (Å²) in [6.07, 6.45) is 1.69. The molecule has 0 atom stereocenters. The molecule has 8 heteroatoms. The fraction of sp³-hybridized carbons (Fsp3) is 0.154. The largest absolute Gasteiger partial charge is 0.497 e. The SMILES string of the molecule is COc1ccc(-c2cc(NC(=O)c3cc(C)n(-c4ccccn4)c3C)ccc2OC(F)F)cc1. The highest BCUT2D eigenvalue weighted by Gasteiger charge is 2.19. The lowest BCUT2D eigenvalue weighted by Gasteiger charge is -2.14. The van der Waals surface area contributed by atoms with Crippen molar-refractivity contribution in [2.75, 3.05) is 12.4 Å². The number of anilines is 1. The number of nitrogens with zero attached hydrogens (tertiary/aromatic N) is 2. The quantitative estimate of drug-likeness (QED) is 0.364. The van der Waals surface area contributed by atoms with E-state index in [2.05, 4.69) is 10.3 Å². The molecule has 0 aliphatic heterocycles. The standard InChI is InChI=1S/C26H23F2N3O3/c1-16-14-21(17(2)31(16)24-6-4-5-13-29-24)25(32)30-19-9-12-23(34-26(27)28)22(15-19)18-7-10-20(33-3)11-8-18/h4-15,26H,1-3H3,(H,30,32). The van der Waals surface area contributed by atoms with Gasteiger partial charge < -0.3 is 19.4 Å². The summed E-state index contributed by atoms with van der Waals surface area (Å²) < 4.78 is 37.7. The van der Waals surface area contributed by atoms with Crippen LogP contribution in [0.3, 0.4) is 0 Å². The van der Waals surface area contributed by atoms with Crippen LogP contribution in [0.2, 0.25) is 0 Å². The molecule has 1 N–H and O–H groups in total. The van der Waals surface area contributed by atoms with Gasteiger partial charge in [0.15, 0.2) is 0 Å². The molecule has 2 aromatic heterocycles. The number of halogens is 2. The van der Waals surface area contributed by atoms with Crippen LogP contribution in [0.1, 0.15) is 21.7 Å². The highest BCUT2D eigenvalue weighted by atomic mass is 19.3. The van der Waals surface area contributed by atoms with Crippen LogP contribution in [0.25, 0.3) is 16.9 Å². The van der Waals surface area contributed by atoms with Crippen molar-refractivity contribution >= 4 is 11.6 Å². The van der Waals surface area contributed by atoms with Gasteiger partial charge in [-0.15, -0.1) is 0 Å². The number of aromatic nitrogens is 2. The van der Waals surface area contributed by atoms with Gasteiger partial charge in [-0.3, -0.25) is 4.79 Å². The Morgan fingerprint density at radius 2 is 1.79 bits per heavy atom. The number of carbonyl (C=O) groups is 1. The third-order valence-electron chi connectivity index (χ3n) is 5.41. The number of hydrogen-bond donors (Lipinski definition) is 1. The summed E-state index contributed by atoms with van der Waals surface area (Å²) in [5.74, 6) is 1.03. The Labute approximate surface area is 195 Å². The number of aryl methyl sites for hydroxylation is 1. The maximum Gasteiger partial charge on any atom is 0.387 e. The lowest BCUT2D eigenvalue weighted by molar-refractivity contribution is -0.0494. The average molecular weight is 463 g/mol. The van der Waals surface area contributed by atoms with E-state index >= 15 is 0 Å². The van der Waals surface area contributed by atoms with Crippen LogP contribution < -0.4 is 14.8 Å². The van der Waals surface area contributed by atoms with Crippen LogP contribution in [-0.4, -0.2) is 29.2 Å². The lowest BCUT2D eigenvalue weighted by atomic mass is 10.0. The second-order valence-electron chi connectivity index (χ2n) is 7.58. The van der Waals surface area contributed by atoms with Gasteiger partial charge in [-0.2, -0.15) is 8.78 Å². The molecule has 2 aromatic carbocycles. The lowest BCUT2D eigenvalue weighted by Crippen LogP contribution is -2.13. The number of alkyl halides is 2. The van der Waals surface area contributed by atoms with Gasteiger partial charge in [0.25, 0.3) is 5.91 Å². The van der Waals surface area contributed by atoms with Crippen molar-refractivity contribution in [3.8, 4) is 28.4 Å². The Morgan fingerprint density at radius 3 is 2.44 bits per heavy atom. The van der Waals surface area contributed by atoms with Crippen molar-refractivity contribution in [2.24, 2.45) is 0 Å². The van der Waals surface area contributed by atoms with E-state index in [1.165, 1.54) is 12.1 Å². The van der Waals surface area contributed by atoms with Gasteiger partial charge in [-0.1, -0.05) is 18.2 Å². The molecule has 0 fully saturated rings. The molecule has 0 aliphatic rings. The van der Waals surface area contributed by atoms with E-state index in [0.29, 0.717) is 33.9 Å². The van der Waals surface area contributed by atoms with Crippen LogP contribution >= 0.6 is 0 Å². The van der Waals surface area contributed by atoms with Gasteiger partial charge in [0.05, 0.1) is 12.7 Å². The van der Waals surface area contributed by atoms with Gasteiger partial charge in [-0.25, -0.2) is 4.98 Å².